The lowest BCUT2D eigenvalue weighted by molar-refractivity contribution is -0.137. The first kappa shape index (κ1) is 26.1. The number of hydrogen-bond donors (Lipinski definition) is 3. The summed E-state index contributed by atoms with van der Waals surface area (Å²) in [6.45, 7) is 3.08. The van der Waals surface area contributed by atoms with Crippen LogP contribution in [-0.2, 0) is 10.9 Å². The number of alkyl halides is 3. The molecule has 1 atom stereocenters. The normalized spacial score (nSPS) is 15.3. The van der Waals surface area contributed by atoms with Crippen LogP contribution in [0.3, 0.4) is 0 Å². The molecule has 1 unspecified atom stereocenters. The summed E-state index contributed by atoms with van der Waals surface area (Å²) < 4.78 is 50.2. The van der Waals surface area contributed by atoms with E-state index < -0.39 is 17.6 Å². The number of amides is 1. The van der Waals surface area contributed by atoms with E-state index in [0.29, 0.717) is 41.7 Å². The largest absolute Gasteiger partial charge is 0.495 e. The zero-order valence-corrected chi connectivity index (χ0v) is 21.0. The Morgan fingerprint density at radius 3 is 2.69 bits per heavy atom. The van der Waals surface area contributed by atoms with Crippen LogP contribution in [0, 0.1) is 6.92 Å². The Bertz CT molecular complexity index is 1520. The Hall–Kier alpha value is -4.52. The van der Waals surface area contributed by atoms with Gasteiger partial charge in [-0.05, 0) is 49.2 Å². The first-order valence-corrected chi connectivity index (χ1v) is 12.0. The number of aryl methyl sites for hydroxylation is 1. The molecule has 0 spiro atoms. The number of nitrogens with one attached hydrogen (secondary N) is 3. The van der Waals surface area contributed by atoms with Crippen molar-refractivity contribution in [3.63, 3.8) is 0 Å². The van der Waals surface area contributed by atoms with Gasteiger partial charge in [-0.3, -0.25) is 4.79 Å². The predicted molar refractivity (Wildman–Crippen MR) is 138 cm³/mol. The van der Waals surface area contributed by atoms with Gasteiger partial charge in [0.15, 0.2) is 5.82 Å². The SMILES string of the molecule is COc1ccc(C(F)(F)F)cc1NC(=O)c1ccc(C)c(Nc2ncnc3cnc(NC4CCOC4)nc23)c1. The van der Waals surface area contributed by atoms with Gasteiger partial charge in [-0.1, -0.05) is 6.07 Å². The zero-order valence-electron chi connectivity index (χ0n) is 21.0. The van der Waals surface area contributed by atoms with E-state index in [9.17, 15) is 18.0 Å². The van der Waals surface area contributed by atoms with E-state index in [1.807, 2.05) is 6.92 Å². The van der Waals surface area contributed by atoms with Crippen molar-refractivity contribution in [3.05, 3.63) is 65.6 Å². The number of nitrogens with zero attached hydrogens (tertiary/aromatic N) is 4. The number of halogens is 3. The Labute approximate surface area is 221 Å². The van der Waals surface area contributed by atoms with Crippen LogP contribution in [-0.4, -0.2) is 52.2 Å². The monoisotopic (exact) mass is 539 g/mol. The summed E-state index contributed by atoms with van der Waals surface area (Å²) in [7, 11) is 1.31. The molecule has 1 fully saturated rings. The molecule has 0 radical (unpaired) electrons. The van der Waals surface area contributed by atoms with Gasteiger partial charge in [0.1, 0.15) is 23.1 Å². The van der Waals surface area contributed by atoms with E-state index in [4.69, 9.17) is 9.47 Å². The first-order chi connectivity index (χ1) is 18.7. The van der Waals surface area contributed by atoms with Crippen molar-refractivity contribution >= 4 is 40.1 Å². The summed E-state index contributed by atoms with van der Waals surface area (Å²) in [4.78, 5) is 30.5. The highest BCUT2D eigenvalue weighted by atomic mass is 19.4. The average molecular weight is 540 g/mol. The number of methoxy groups -OCH3 is 1. The minimum absolute atomic E-state index is 0.0985. The fourth-order valence-electron chi connectivity index (χ4n) is 4.05. The molecule has 5 rings (SSSR count). The second-order valence-electron chi connectivity index (χ2n) is 8.88. The molecule has 3 heterocycles. The van der Waals surface area contributed by atoms with Crippen LogP contribution in [0.2, 0.25) is 0 Å². The number of ether oxygens (including phenoxy) is 2. The number of anilines is 4. The summed E-state index contributed by atoms with van der Waals surface area (Å²) in [5, 5.41) is 8.96. The van der Waals surface area contributed by atoms with E-state index in [0.717, 1.165) is 30.2 Å². The summed E-state index contributed by atoms with van der Waals surface area (Å²) in [6, 6.07) is 7.85. The van der Waals surface area contributed by atoms with Crippen LogP contribution < -0.4 is 20.7 Å². The van der Waals surface area contributed by atoms with E-state index in [1.165, 1.54) is 13.4 Å². The topological polar surface area (TPSA) is 123 Å². The lowest BCUT2D eigenvalue weighted by Crippen LogP contribution is -2.20. The maximum absolute atomic E-state index is 13.2. The highest BCUT2D eigenvalue weighted by Gasteiger charge is 2.31. The van der Waals surface area contributed by atoms with Crippen LogP contribution in [0.5, 0.6) is 5.75 Å². The quantitative estimate of drug-likeness (QED) is 0.299. The maximum atomic E-state index is 13.2. The van der Waals surface area contributed by atoms with Gasteiger partial charge in [-0.25, -0.2) is 19.9 Å². The maximum Gasteiger partial charge on any atom is 0.416 e. The van der Waals surface area contributed by atoms with Gasteiger partial charge in [0.2, 0.25) is 5.95 Å². The fraction of sp³-hybridized carbons (Fsp3) is 0.269. The van der Waals surface area contributed by atoms with Crippen molar-refractivity contribution in [2.45, 2.75) is 25.6 Å². The number of carbonyl (C=O) groups is 1. The van der Waals surface area contributed by atoms with Gasteiger partial charge in [0, 0.05) is 17.9 Å². The van der Waals surface area contributed by atoms with Crippen molar-refractivity contribution < 1.29 is 27.4 Å². The molecule has 1 aliphatic heterocycles. The molecule has 4 aromatic rings. The molecule has 1 aliphatic rings. The molecule has 3 N–H and O–H groups in total. The summed E-state index contributed by atoms with van der Waals surface area (Å²) in [5.41, 5.74) is 1.54. The molecule has 0 saturated carbocycles. The number of hydrogen-bond acceptors (Lipinski definition) is 9. The third kappa shape index (κ3) is 5.82. The zero-order chi connectivity index (χ0) is 27.6. The standard InChI is InChI=1S/C26H24F3N7O3/c1-14-3-4-15(24(37)35-19-10-16(26(27,28)29)5-6-21(19)38-2)9-18(14)34-23-22-20(31-13-32-23)11-30-25(36-22)33-17-7-8-39-12-17/h3-6,9-11,13,17H,7-8,12H2,1-2H3,(H,35,37)(H,30,33,36)(H,31,32,34). The van der Waals surface area contributed by atoms with Crippen molar-refractivity contribution in [1.82, 2.24) is 19.9 Å². The molecule has 2 aromatic heterocycles. The molecule has 2 aromatic carbocycles. The number of rotatable bonds is 7. The van der Waals surface area contributed by atoms with Gasteiger partial charge in [0.05, 0.1) is 37.2 Å². The molecule has 1 amide bonds. The van der Waals surface area contributed by atoms with Crippen molar-refractivity contribution in [2.75, 3.05) is 36.3 Å². The predicted octanol–water partition coefficient (Wildman–Crippen LogP) is 4.95. The van der Waals surface area contributed by atoms with Crippen LogP contribution in [0.25, 0.3) is 11.0 Å². The molecule has 13 heteroatoms. The fourth-order valence-corrected chi connectivity index (χ4v) is 4.05. The molecule has 0 aliphatic carbocycles. The van der Waals surface area contributed by atoms with Crippen LogP contribution in [0.1, 0.15) is 27.9 Å². The molecule has 10 nitrogen and oxygen atoms in total. The third-order valence-corrected chi connectivity index (χ3v) is 6.17. The number of aromatic nitrogens is 4. The number of carbonyl (C=O) groups excluding carboxylic acids is 1. The van der Waals surface area contributed by atoms with E-state index in [2.05, 4.69) is 35.9 Å². The van der Waals surface area contributed by atoms with Gasteiger partial charge in [-0.2, -0.15) is 13.2 Å². The van der Waals surface area contributed by atoms with Crippen LogP contribution in [0.4, 0.5) is 36.3 Å². The first-order valence-electron chi connectivity index (χ1n) is 12.0. The van der Waals surface area contributed by atoms with Crippen LogP contribution in [0.15, 0.2) is 48.9 Å². The molecule has 0 bridgehead atoms. The summed E-state index contributed by atoms with van der Waals surface area (Å²) in [5.74, 6) is 0.294. The van der Waals surface area contributed by atoms with Crippen molar-refractivity contribution in [3.8, 4) is 5.75 Å². The molecule has 1 saturated heterocycles. The summed E-state index contributed by atoms with van der Waals surface area (Å²) >= 11 is 0. The third-order valence-electron chi connectivity index (χ3n) is 6.17. The Balaban J connectivity index is 1.41. The second kappa shape index (κ2) is 10.7. The van der Waals surface area contributed by atoms with E-state index >= 15 is 0 Å². The second-order valence-corrected chi connectivity index (χ2v) is 8.88. The molecular formula is C26H24F3N7O3. The van der Waals surface area contributed by atoms with Gasteiger partial charge in [0.25, 0.3) is 5.91 Å². The Morgan fingerprint density at radius 1 is 1.10 bits per heavy atom. The van der Waals surface area contributed by atoms with Crippen molar-refractivity contribution in [2.24, 2.45) is 0 Å². The molecule has 202 valence electrons. The van der Waals surface area contributed by atoms with Crippen LogP contribution >= 0.6 is 0 Å². The lowest BCUT2D eigenvalue weighted by Gasteiger charge is -2.15. The Morgan fingerprint density at radius 2 is 1.95 bits per heavy atom. The lowest BCUT2D eigenvalue weighted by atomic mass is 10.1. The van der Waals surface area contributed by atoms with Crippen molar-refractivity contribution in [1.29, 1.82) is 0 Å². The number of benzene rings is 2. The summed E-state index contributed by atoms with van der Waals surface area (Å²) in [6.07, 6.45) is -0.765. The molecule has 39 heavy (non-hydrogen) atoms. The molecular weight excluding hydrogens is 515 g/mol. The van der Waals surface area contributed by atoms with Gasteiger partial charge >= 0.3 is 6.18 Å². The van der Waals surface area contributed by atoms with Gasteiger partial charge < -0.3 is 25.4 Å². The average Bonchev–Trinajstić information content (AvgIpc) is 3.42. The highest BCUT2D eigenvalue weighted by Crippen LogP contribution is 2.35. The Kier molecular flexibility index (Phi) is 7.15. The minimum atomic E-state index is -4.57. The minimum Gasteiger partial charge on any atom is -0.495 e. The highest BCUT2D eigenvalue weighted by molar-refractivity contribution is 6.06. The van der Waals surface area contributed by atoms with E-state index in [-0.39, 0.29) is 23.0 Å². The number of fused-ring (bicyclic) bond motifs is 1. The van der Waals surface area contributed by atoms with E-state index in [1.54, 1.807) is 24.4 Å². The smallest absolute Gasteiger partial charge is 0.416 e. The van der Waals surface area contributed by atoms with Gasteiger partial charge in [-0.15, -0.1) is 0 Å².